The van der Waals surface area contributed by atoms with Crippen molar-refractivity contribution in [3.8, 4) is 0 Å². The Morgan fingerprint density at radius 3 is 2.23 bits per heavy atom. The zero-order valence-electron chi connectivity index (χ0n) is 17.9. The van der Waals surface area contributed by atoms with Gasteiger partial charge in [-0.2, -0.15) is 0 Å². The Bertz CT molecular complexity index is 914. The maximum absolute atomic E-state index is 11.6. The minimum atomic E-state index is -3.72. The first-order valence-electron chi connectivity index (χ1n) is 10.0. The number of primary sulfonamides is 1. The van der Waals surface area contributed by atoms with Crippen LogP contribution in [0.2, 0.25) is 0 Å². The molecule has 0 amide bonds. The van der Waals surface area contributed by atoms with Gasteiger partial charge in [-0.05, 0) is 43.0 Å². The summed E-state index contributed by atoms with van der Waals surface area (Å²) >= 11 is 0. The summed E-state index contributed by atoms with van der Waals surface area (Å²) in [5.41, 5.74) is 2.12. The summed E-state index contributed by atoms with van der Waals surface area (Å²) in [5, 5.41) is 12.0. The van der Waals surface area contributed by atoms with Crippen LogP contribution in [0.15, 0.2) is 64.5 Å². The van der Waals surface area contributed by atoms with Crippen LogP contribution in [0.5, 0.6) is 0 Å². The third kappa shape index (κ3) is 7.24. The average molecular weight is 545 g/mol. The van der Waals surface area contributed by atoms with Gasteiger partial charge in [0.25, 0.3) is 0 Å². The van der Waals surface area contributed by atoms with Crippen molar-refractivity contribution < 1.29 is 8.42 Å². The fraction of sp³-hybridized carbons (Fsp3) is 0.409. The van der Waals surface area contributed by atoms with Gasteiger partial charge in [0.1, 0.15) is 0 Å². The lowest BCUT2D eigenvalue weighted by Gasteiger charge is -2.33. The van der Waals surface area contributed by atoms with E-state index in [1.165, 1.54) is 11.6 Å². The summed E-state index contributed by atoms with van der Waals surface area (Å²) in [6, 6.07) is 17.1. The summed E-state index contributed by atoms with van der Waals surface area (Å²) in [6.07, 6.45) is 2.02. The van der Waals surface area contributed by atoms with Crippen molar-refractivity contribution in [2.45, 2.75) is 50.5 Å². The maximum atomic E-state index is 11.6. The standard InChI is InChI=1S/C22H32N4O2S.HI/c1-4-22(5-2,19-12-8-7-9-13-19)17-26-21(24-6-3)25-16-18-11-10-14-20(15-18)29(23,27)28;/h7-15H,4-6,16-17H2,1-3H3,(H2,23,27,28)(H2,24,25,26);1H. The molecule has 0 saturated carbocycles. The maximum Gasteiger partial charge on any atom is 0.238 e. The van der Waals surface area contributed by atoms with E-state index in [9.17, 15) is 8.42 Å². The molecule has 6 nitrogen and oxygen atoms in total. The van der Waals surface area contributed by atoms with Crippen LogP contribution in [0.25, 0.3) is 0 Å². The van der Waals surface area contributed by atoms with Gasteiger partial charge < -0.3 is 10.6 Å². The molecule has 0 aliphatic rings. The minimum absolute atomic E-state index is 0. The molecule has 0 bridgehead atoms. The number of nitrogens with two attached hydrogens (primary N) is 1. The van der Waals surface area contributed by atoms with Crippen LogP contribution >= 0.6 is 24.0 Å². The minimum Gasteiger partial charge on any atom is -0.357 e. The van der Waals surface area contributed by atoms with Gasteiger partial charge >= 0.3 is 0 Å². The summed E-state index contributed by atoms with van der Waals surface area (Å²) in [4.78, 5) is 4.73. The largest absolute Gasteiger partial charge is 0.357 e. The number of nitrogens with zero attached hydrogens (tertiary/aromatic N) is 1. The quantitative estimate of drug-likeness (QED) is 0.255. The predicted octanol–water partition coefficient (Wildman–Crippen LogP) is 3.77. The molecule has 0 unspecified atom stereocenters. The summed E-state index contributed by atoms with van der Waals surface area (Å²) in [5.74, 6) is 0.704. The number of benzene rings is 2. The Labute approximate surface area is 197 Å². The highest BCUT2D eigenvalue weighted by atomic mass is 127. The second-order valence-electron chi connectivity index (χ2n) is 7.09. The second kappa shape index (κ2) is 12.3. The highest BCUT2D eigenvalue weighted by Crippen LogP contribution is 2.30. The lowest BCUT2D eigenvalue weighted by molar-refractivity contribution is 0.389. The van der Waals surface area contributed by atoms with E-state index in [2.05, 4.69) is 53.7 Å². The third-order valence-electron chi connectivity index (χ3n) is 5.32. The fourth-order valence-electron chi connectivity index (χ4n) is 3.39. The van der Waals surface area contributed by atoms with Crippen LogP contribution in [0.3, 0.4) is 0 Å². The molecule has 166 valence electrons. The van der Waals surface area contributed by atoms with E-state index in [1.54, 1.807) is 12.1 Å². The molecule has 30 heavy (non-hydrogen) atoms. The summed E-state index contributed by atoms with van der Waals surface area (Å²) < 4.78 is 23.1. The molecule has 4 N–H and O–H groups in total. The first-order chi connectivity index (χ1) is 13.8. The molecule has 0 spiro atoms. The number of aliphatic imine (C=N–C) groups is 1. The van der Waals surface area contributed by atoms with E-state index >= 15 is 0 Å². The van der Waals surface area contributed by atoms with Crippen LogP contribution in [0.4, 0.5) is 0 Å². The molecule has 0 saturated heterocycles. The normalized spacial score (nSPS) is 12.2. The summed E-state index contributed by atoms with van der Waals surface area (Å²) in [7, 11) is -3.72. The van der Waals surface area contributed by atoms with Crippen molar-refractivity contribution in [2.75, 3.05) is 13.1 Å². The number of nitrogens with one attached hydrogen (secondary N) is 2. The monoisotopic (exact) mass is 544 g/mol. The SMILES string of the molecule is CCNC(=NCc1cccc(S(N)(=O)=O)c1)NCC(CC)(CC)c1ccccc1.I. The van der Waals surface area contributed by atoms with Crippen molar-refractivity contribution in [1.29, 1.82) is 0 Å². The van der Waals surface area contributed by atoms with Gasteiger partial charge in [-0.15, -0.1) is 24.0 Å². The molecule has 0 fully saturated rings. The first kappa shape index (κ1) is 26.4. The number of hydrogen-bond acceptors (Lipinski definition) is 3. The molecule has 2 aromatic carbocycles. The number of halogens is 1. The Morgan fingerprint density at radius 1 is 1.00 bits per heavy atom. The van der Waals surface area contributed by atoms with Crippen molar-refractivity contribution in [2.24, 2.45) is 10.1 Å². The Balaban J connectivity index is 0.00000450. The molecule has 2 aromatic rings. The molecule has 8 heteroatoms. The van der Waals surface area contributed by atoms with Gasteiger partial charge in [0.2, 0.25) is 10.0 Å². The van der Waals surface area contributed by atoms with Crippen molar-refractivity contribution in [3.63, 3.8) is 0 Å². The zero-order chi connectivity index (χ0) is 21.3. The van der Waals surface area contributed by atoms with Crippen molar-refractivity contribution >= 4 is 40.0 Å². The van der Waals surface area contributed by atoms with Crippen LogP contribution in [0.1, 0.15) is 44.7 Å². The van der Waals surface area contributed by atoms with Gasteiger partial charge in [-0.1, -0.05) is 56.3 Å². The molecular formula is C22H33IN4O2S. The first-order valence-corrected chi connectivity index (χ1v) is 11.6. The Hall–Kier alpha value is -1.65. The molecule has 0 aliphatic carbocycles. The van der Waals surface area contributed by atoms with Gasteiger partial charge in [0, 0.05) is 18.5 Å². The molecule has 0 radical (unpaired) electrons. The van der Waals surface area contributed by atoms with Crippen LogP contribution < -0.4 is 15.8 Å². The van der Waals surface area contributed by atoms with E-state index < -0.39 is 10.0 Å². The molecule has 0 aliphatic heterocycles. The van der Waals surface area contributed by atoms with E-state index in [-0.39, 0.29) is 34.3 Å². The van der Waals surface area contributed by atoms with E-state index in [4.69, 9.17) is 5.14 Å². The van der Waals surface area contributed by atoms with Crippen LogP contribution in [0, 0.1) is 0 Å². The number of rotatable bonds is 9. The molecule has 2 rings (SSSR count). The molecular weight excluding hydrogens is 511 g/mol. The zero-order valence-corrected chi connectivity index (χ0v) is 21.0. The van der Waals surface area contributed by atoms with Crippen molar-refractivity contribution in [1.82, 2.24) is 10.6 Å². The number of hydrogen-bond donors (Lipinski definition) is 3. The smallest absolute Gasteiger partial charge is 0.238 e. The van der Waals surface area contributed by atoms with Gasteiger partial charge in [0.05, 0.1) is 11.4 Å². The van der Waals surface area contributed by atoms with Crippen molar-refractivity contribution in [3.05, 3.63) is 65.7 Å². The number of guanidine groups is 1. The van der Waals surface area contributed by atoms with Gasteiger partial charge in [-0.25, -0.2) is 18.5 Å². The number of sulfonamides is 1. The Morgan fingerprint density at radius 2 is 1.67 bits per heavy atom. The van der Waals surface area contributed by atoms with Crippen LogP contribution in [-0.2, 0) is 22.0 Å². The van der Waals surface area contributed by atoms with Crippen LogP contribution in [-0.4, -0.2) is 27.5 Å². The van der Waals surface area contributed by atoms with Gasteiger partial charge in [0.15, 0.2) is 5.96 Å². The average Bonchev–Trinajstić information content (AvgIpc) is 2.73. The lowest BCUT2D eigenvalue weighted by Crippen LogP contribution is -2.45. The fourth-order valence-corrected chi connectivity index (χ4v) is 3.97. The van der Waals surface area contributed by atoms with E-state index in [0.717, 1.165) is 31.5 Å². The summed E-state index contributed by atoms with van der Waals surface area (Å²) in [6.45, 7) is 8.28. The third-order valence-corrected chi connectivity index (χ3v) is 6.24. The Kier molecular flexibility index (Phi) is 10.8. The lowest BCUT2D eigenvalue weighted by atomic mass is 9.76. The van der Waals surface area contributed by atoms with E-state index in [0.29, 0.717) is 12.5 Å². The van der Waals surface area contributed by atoms with Gasteiger partial charge in [-0.3, -0.25) is 0 Å². The topological polar surface area (TPSA) is 96.6 Å². The molecule has 0 atom stereocenters. The molecule has 0 heterocycles. The molecule has 0 aromatic heterocycles. The predicted molar refractivity (Wildman–Crippen MR) is 135 cm³/mol. The highest BCUT2D eigenvalue weighted by molar-refractivity contribution is 14.0. The highest BCUT2D eigenvalue weighted by Gasteiger charge is 2.28. The van der Waals surface area contributed by atoms with E-state index in [1.807, 2.05) is 19.1 Å². The second-order valence-corrected chi connectivity index (χ2v) is 8.66.